The van der Waals surface area contributed by atoms with Crippen LogP contribution in [0.25, 0.3) is 0 Å². The SMILES string of the molecule is CCCN(CC(=O)OC(C)(C)C)S(=O)(=O)O. The van der Waals surface area contributed by atoms with Crippen LogP contribution in [0.2, 0.25) is 0 Å². The number of hydrogen-bond acceptors (Lipinski definition) is 4. The number of carbonyl (C=O) groups excluding carboxylic acids is 1. The van der Waals surface area contributed by atoms with Gasteiger partial charge in [0.2, 0.25) is 0 Å². The average Bonchev–Trinajstić information content (AvgIpc) is 1.97. The molecule has 0 spiro atoms. The minimum Gasteiger partial charge on any atom is -0.459 e. The Hall–Kier alpha value is -0.660. The lowest BCUT2D eigenvalue weighted by Crippen LogP contribution is -2.38. The van der Waals surface area contributed by atoms with Crippen molar-refractivity contribution >= 4 is 16.3 Å². The molecule has 7 heteroatoms. The van der Waals surface area contributed by atoms with E-state index >= 15 is 0 Å². The number of carbonyl (C=O) groups is 1. The highest BCUT2D eigenvalue weighted by atomic mass is 32.2. The second-order valence-electron chi connectivity index (χ2n) is 4.40. The number of ether oxygens (including phenoxy) is 1. The maximum absolute atomic E-state index is 11.4. The maximum atomic E-state index is 11.4. The minimum absolute atomic E-state index is 0.0814. The van der Waals surface area contributed by atoms with Crippen molar-refractivity contribution in [3.63, 3.8) is 0 Å². The second kappa shape index (κ2) is 5.60. The normalized spacial score (nSPS) is 12.9. The van der Waals surface area contributed by atoms with Crippen LogP contribution in [0.3, 0.4) is 0 Å². The molecular weight excluding hydrogens is 234 g/mol. The summed E-state index contributed by atoms with van der Waals surface area (Å²) in [6, 6.07) is 0. The van der Waals surface area contributed by atoms with Crippen LogP contribution in [0, 0.1) is 0 Å². The first-order valence-electron chi connectivity index (χ1n) is 5.00. The predicted molar refractivity (Wildman–Crippen MR) is 59.3 cm³/mol. The van der Waals surface area contributed by atoms with Crippen molar-refractivity contribution in [2.75, 3.05) is 13.1 Å². The van der Waals surface area contributed by atoms with Crippen LogP contribution in [0.15, 0.2) is 0 Å². The molecule has 1 N–H and O–H groups in total. The highest BCUT2D eigenvalue weighted by molar-refractivity contribution is 7.83. The highest BCUT2D eigenvalue weighted by Gasteiger charge is 2.24. The fraction of sp³-hybridized carbons (Fsp3) is 0.889. The Morgan fingerprint density at radius 3 is 2.19 bits per heavy atom. The van der Waals surface area contributed by atoms with E-state index in [0.717, 1.165) is 0 Å². The first-order chi connectivity index (χ1) is 7.06. The fourth-order valence-corrected chi connectivity index (χ4v) is 1.73. The van der Waals surface area contributed by atoms with Gasteiger partial charge in [-0.25, -0.2) is 0 Å². The summed E-state index contributed by atoms with van der Waals surface area (Å²) in [4.78, 5) is 11.4. The van der Waals surface area contributed by atoms with Gasteiger partial charge in [0, 0.05) is 6.54 Å². The Bertz CT molecular complexity index is 330. The molecular formula is C9H19NO5S. The first kappa shape index (κ1) is 15.3. The zero-order valence-corrected chi connectivity index (χ0v) is 10.9. The molecule has 6 nitrogen and oxygen atoms in total. The van der Waals surface area contributed by atoms with E-state index in [1.165, 1.54) is 0 Å². The third kappa shape index (κ3) is 6.76. The van der Waals surface area contributed by atoms with Crippen molar-refractivity contribution in [1.82, 2.24) is 4.31 Å². The van der Waals surface area contributed by atoms with Gasteiger partial charge >= 0.3 is 16.3 Å². The van der Waals surface area contributed by atoms with Gasteiger partial charge in [0.25, 0.3) is 0 Å². The number of rotatable bonds is 5. The van der Waals surface area contributed by atoms with E-state index in [1.54, 1.807) is 27.7 Å². The van der Waals surface area contributed by atoms with E-state index in [4.69, 9.17) is 9.29 Å². The molecule has 0 aromatic rings. The average molecular weight is 253 g/mol. The van der Waals surface area contributed by atoms with Gasteiger partial charge in [-0.15, -0.1) is 0 Å². The molecule has 0 amide bonds. The third-order valence-corrected chi connectivity index (χ3v) is 2.49. The van der Waals surface area contributed by atoms with Crippen LogP contribution >= 0.6 is 0 Å². The molecule has 16 heavy (non-hydrogen) atoms. The van der Waals surface area contributed by atoms with Gasteiger partial charge in [-0.05, 0) is 27.2 Å². The van der Waals surface area contributed by atoms with E-state index in [9.17, 15) is 13.2 Å². The van der Waals surface area contributed by atoms with Gasteiger partial charge in [0.05, 0.1) is 0 Å². The quantitative estimate of drug-likeness (QED) is 0.580. The van der Waals surface area contributed by atoms with Gasteiger partial charge in [-0.3, -0.25) is 9.35 Å². The van der Waals surface area contributed by atoms with Crippen molar-refractivity contribution in [2.24, 2.45) is 0 Å². The molecule has 0 rings (SSSR count). The first-order valence-corrected chi connectivity index (χ1v) is 6.40. The Balaban J connectivity index is 4.48. The molecule has 0 aromatic carbocycles. The molecule has 0 aliphatic carbocycles. The largest absolute Gasteiger partial charge is 0.459 e. The summed E-state index contributed by atoms with van der Waals surface area (Å²) in [5.74, 6) is -0.682. The van der Waals surface area contributed by atoms with Gasteiger partial charge in [0.1, 0.15) is 12.1 Å². The van der Waals surface area contributed by atoms with Crippen LogP contribution in [0.1, 0.15) is 34.1 Å². The lowest BCUT2D eigenvalue weighted by atomic mass is 10.2. The molecule has 0 aromatic heterocycles. The Labute approximate surface area is 96.5 Å². The molecule has 0 unspecified atom stereocenters. The van der Waals surface area contributed by atoms with Crippen LogP contribution in [0.4, 0.5) is 0 Å². The van der Waals surface area contributed by atoms with E-state index in [-0.39, 0.29) is 6.54 Å². The molecule has 0 radical (unpaired) electrons. The standard InChI is InChI=1S/C9H19NO5S/c1-5-6-10(16(12,13)14)7-8(11)15-9(2,3)4/h5-7H2,1-4H3,(H,12,13,14). The number of hydrogen-bond donors (Lipinski definition) is 1. The monoisotopic (exact) mass is 253 g/mol. The van der Waals surface area contributed by atoms with E-state index in [2.05, 4.69) is 0 Å². The lowest BCUT2D eigenvalue weighted by Gasteiger charge is -2.22. The Morgan fingerprint density at radius 2 is 1.88 bits per heavy atom. The summed E-state index contributed by atoms with van der Waals surface area (Å²) in [5.41, 5.74) is -0.672. The molecule has 96 valence electrons. The van der Waals surface area contributed by atoms with Crippen LogP contribution in [0.5, 0.6) is 0 Å². The van der Waals surface area contributed by atoms with Crippen molar-refractivity contribution in [2.45, 2.75) is 39.7 Å². The molecule has 0 saturated carbocycles. The Morgan fingerprint density at radius 1 is 1.38 bits per heavy atom. The summed E-state index contributed by atoms with van der Waals surface area (Å²) in [6.07, 6.45) is 0.503. The van der Waals surface area contributed by atoms with Gasteiger partial charge in [0.15, 0.2) is 0 Å². The molecule has 0 bridgehead atoms. The van der Waals surface area contributed by atoms with Gasteiger partial charge in [-0.1, -0.05) is 6.92 Å². The fourth-order valence-electron chi connectivity index (χ4n) is 1.04. The lowest BCUT2D eigenvalue weighted by molar-refractivity contribution is -0.155. The summed E-state index contributed by atoms with van der Waals surface area (Å²) >= 11 is 0. The number of nitrogens with zero attached hydrogens (tertiary/aromatic N) is 1. The van der Waals surface area contributed by atoms with Crippen molar-refractivity contribution in [1.29, 1.82) is 0 Å². The minimum atomic E-state index is -4.35. The summed E-state index contributed by atoms with van der Waals surface area (Å²) in [7, 11) is -4.35. The van der Waals surface area contributed by atoms with Crippen LogP contribution < -0.4 is 0 Å². The van der Waals surface area contributed by atoms with E-state index < -0.39 is 28.4 Å². The molecule has 0 heterocycles. The van der Waals surface area contributed by atoms with Crippen molar-refractivity contribution < 1.29 is 22.5 Å². The molecule has 0 aliphatic rings. The molecule has 0 fully saturated rings. The maximum Gasteiger partial charge on any atom is 0.336 e. The zero-order chi connectivity index (χ0) is 13.0. The highest BCUT2D eigenvalue weighted by Crippen LogP contribution is 2.08. The molecule has 0 atom stereocenters. The third-order valence-electron chi connectivity index (χ3n) is 1.52. The molecule has 0 saturated heterocycles. The van der Waals surface area contributed by atoms with Gasteiger partial charge < -0.3 is 4.74 Å². The van der Waals surface area contributed by atoms with E-state index in [0.29, 0.717) is 10.7 Å². The van der Waals surface area contributed by atoms with Crippen LogP contribution in [-0.4, -0.2) is 41.9 Å². The Kier molecular flexibility index (Phi) is 5.37. The summed E-state index contributed by atoms with van der Waals surface area (Å²) in [5, 5.41) is 0. The smallest absolute Gasteiger partial charge is 0.336 e. The predicted octanol–water partition coefficient (Wildman–Crippen LogP) is 0.843. The van der Waals surface area contributed by atoms with Crippen molar-refractivity contribution in [3.8, 4) is 0 Å². The van der Waals surface area contributed by atoms with Crippen molar-refractivity contribution in [3.05, 3.63) is 0 Å². The molecule has 0 aliphatic heterocycles. The van der Waals surface area contributed by atoms with Crippen LogP contribution in [-0.2, 0) is 19.8 Å². The second-order valence-corrected chi connectivity index (χ2v) is 5.81. The van der Waals surface area contributed by atoms with Gasteiger partial charge in [-0.2, -0.15) is 12.7 Å². The summed E-state index contributed by atoms with van der Waals surface area (Å²) < 4.78 is 36.3. The number of esters is 1. The summed E-state index contributed by atoms with van der Waals surface area (Å²) in [6.45, 7) is 6.41. The topological polar surface area (TPSA) is 83.9 Å². The zero-order valence-electron chi connectivity index (χ0n) is 10.1. The van der Waals surface area contributed by atoms with E-state index in [1.807, 2.05) is 0 Å².